The van der Waals surface area contributed by atoms with Crippen LogP contribution in [0.4, 0.5) is 0 Å². The number of carboxylic acid groups (broad SMARTS) is 1. The summed E-state index contributed by atoms with van der Waals surface area (Å²) >= 11 is 0. The number of hydrogen-bond donors (Lipinski definition) is 2. The Hall–Kier alpha value is -1.36. The minimum atomic E-state index is -0.795. The molecule has 0 aromatic rings. The standard InChI is InChI=1S/C11H20N2O3/c1-3-7-13(9-5-11(15)16)8-4-6-12-10(2)14/h3H,1,4-9H2,2H3,(H,12,14)(H,15,16). The zero-order valence-electron chi connectivity index (χ0n) is 9.74. The first-order chi connectivity index (χ1) is 7.56. The SMILES string of the molecule is C=CCN(CCCNC(C)=O)CCC(=O)O. The van der Waals surface area contributed by atoms with Crippen molar-refractivity contribution >= 4 is 11.9 Å². The molecule has 0 aromatic carbocycles. The molecule has 0 unspecified atom stereocenters. The largest absolute Gasteiger partial charge is 0.481 e. The Kier molecular flexibility index (Phi) is 8.15. The van der Waals surface area contributed by atoms with Crippen LogP contribution in [0.25, 0.3) is 0 Å². The van der Waals surface area contributed by atoms with Crippen LogP contribution in [0.5, 0.6) is 0 Å². The summed E-state index contributed by atoms with van der Waals surface area (Å²) in [6.07, 6.45) is 2.70. The highest BCUT2D eigenvalue weighted by atomic mass is 16.4. The summed E-state index contributed by atoms with van der Waals surface area (Å²) < 4.78 is 0. The summed E-state index contributed by atoms with van der Waals surface area (Å²) in [7, 11) is 0. The second kappa shape index (κ2) is 8.91. The van der Waals surface area contributed by atoms with Gasteiger partial charge in [-0.05, 0) is 6.42 Å². The van der Waals surface area contributed by atoms with Crippen LogP contribution in [0.1, 0.15) is 19.8 Å². The van der Waals surface area contributed by atoms with Gasteiger partial charge in [0.2, 0.25) is 5.91 Å². The van der Waals surface area contributed by atoms with Crippen molar-refractivity contribution in [3.8, 4) is 0 Å². The molecule has 0 fully saturated rings. The minimum Gasteiger partial charge on any atom is -0.481 e. The van der Waals surface area contributed by atoms with E-state index in [0.29, 0.717) is 19.6 Å². The fourth-order valence-corrected chi connectivity index (χ4v) is 1.30. The Morgan fingerprint density at radius 2 is 2.12 bits per heavy atom. The number of carbonyl (C=O) groups excluding carboxylic acids is 1. The normalized spacial score (nSPS) is 10.1. The van der Waals surface area contributed by atoms with E-state index >= 15 is 0 Å². The van der Waals surface area contributed by atoms with Crippen molar-refractivity contribution in [3.63, 3.8) is 0 Å². The van der Waals surface area contributed by atoms with Crippen molar-refractivity contribution in [2.45, 2.75) is 19.8 Å². The Balaban J connectivity index is 3.70. The topological polar surface area (TPSA) is 69.6 Å². The van der Waals surface area contributed by atoms with E-state index in [1.165, 1.54) is 6.92 Å². The molecule has 0 aromatic heterocycles. The van der Waals surface area contributed by atoms with Crippen LogP contribution in [-0.4, -0.2) is 48.1 Å². The van der Waals surface area contributed by atoms with Gasteiger partial charge in [0.1, 0.15) is 0 Å². The van der Waals surface area contributed by atoms with Crippen molar-refractivity contribution < 1.29 is 14.7 Å². The second-order valence-electron chi connectivity index (χ2n) is 3.57. The van der Waals surface area contributed by atoms with E-state index in [2.05, 4.69) is 11.9 Å². The molecule has 2 N–H and O–H groups in total. The fraction of sp³-hybridized carbons (Fsp3) is 0.636. The van der Waals surface area contributed by atoms with E-state index in [9.17, 15) is 9.59 Å². The molecule has 5 nitrogen and oxygen atoms in total. The van der Waals surface area contributed by atoms with Gasteiger partial charge in [-0.1, -0.05) is 6.08 Å². The number of nitrogens with zero attached hydrogens (tertiary/aromatic N) is 1. The van der Waals surface area contributed by atoms with Gasteiger partial charge in [-0.3, -0.25) is 14.5 Å². The van der Waals surface area contributed by atoms with Crippen LogP contribution >= 0.6 is 0 Å². The number of aliphatic carboxylic acids is 1. The molecule has 0 saturated carbocycles. The van der Waals surface area contributed by atoms with Crippen molar-refractivity contribution in [1.82, 2.24) is 10.2 Å². The lowest BCUT2D eigenvalue weighted by Crippen LogP contribution is -2.30. The number of hydrogen-bond acceptors (Lipinski definition) is 3. The number of rotatable bonds is 9. The molecule has 0 radical (unpaired) electrons. The van der Waals surface area contributed by atoms with Gasteiger partial charge in [0.15, 0.2) is 0 Å². The highest BCUT2D eigenvalue weighted by Gasteiger charge is 2.05. The molecule has 5 heteroatoms. The second-order valence-corrected chi connectivity index (χ2v) is 3.57. The average Bonchev–Trinajstić information content (AvgIpc) is 2.20. The summed E-state index contributed by atoms with van der Waals surface area (Å²) in [4.78, 5) is 23.0. The summed E-state index contributed by atoms with van der Waals surface area (Å²) in [6.45, 7) is 7.68. The molecular weight excluding hydrogens is 208 g/mol. The van der Waals surface area contributed by atoms with E-state index in [1.807, 2.05) is 4.90 Å². The maximum atomic E-state index is 10.6. The highest BCUT2D eigenvalue weighted by Crippen LogP contribution is 1.94. The molecule has 0 atom stereocenters. The zero-order chi connectivity index (χ0) is 12.4. The summed E-state index contributed by atoms with van der Waals surface area (Å²) in [5, 5.41) is 11.3. The zero-order valence-corrected chi connectivity index (χ0v) is 9.74. The molecule has 0 bridgehead atoms. The molecule has 0 spiro atoms. The molecule has 0 aliphatic carbocycles. The van der Waals surface area contributed by atoms with Crippen LogP contribution in [0, 0.1) is 0 Å². The first kappa shape index (κ1) is 14.6. The number of amides is 1. The molecule has 0 aliphatic heterocycles. The van der Waals surface area contributed by atoms with Crippen molar-refractivity contribution in [1.29, 1.82) is 0 Å². The summed E-state index contributed by atoms with van der Waals surface area (Å²) in [5.41, 5.74) is 0. The van der Waals surface area contributed by atoms with Crippen LogP contribution in [0.15, 0.2) is 12.7 Å². The van der Waals surface area contributed by atoms with Gasteiger partial charge in [0.05, 0.1) is 6.42 Å². The number of carbonyl (C=O) groups is 2. The van der Waals surface area contributed by atoms with E-state index in [0.717, 1.165) is 13.0 Å². The molecule has 0 rings (SSSR count). The Morgan fingerprint density at radius 3 is 2.62 bits per heavy atom. The molecule has 0 heterocycles. The van der Waals surface area contributed by atoms with Gasteiger partial charge in [0, 0.05) is 33.1 Å². The third-order valence-electron chi connectivity index (χ3n) is 2.05. The maximum Gasteiger partial charge on any atom is 0.304 e. The average molecular weight is 228 g/mol. The van der Waals surface area contributed by atoms with E-state index < -0.39 is 5.97 Å². The lowest BCUT2D eigenvalue weighted by molar-refractivity contribution is -0.137. The van der Waals surface area contributed by atoms with Crippen LogP contribution in [0.2, 0.25) is 0 Å². The van der Waals surface area contributed by atoms with Gasteiger partial charge < -0.3 is 10.4 Å². The van der Waals surface area contributed by atoms with Gasteiger partial charge in [-0.2, -0.15) is 0 Å². The third-order valence-corrected chi connectivity index (χ3v) is 2.05. The van der Waals surface area contributed by atoms with E-state index in [-0.39, 0.29) is 12.3 Å². The highest BCUT2D eigenvalue weighted by molar-refractivity contribution is 5.72. The van der Waals surface area contributed by atoms with Gasteiger partial charge in [-0.15, -0.1) is 6.58 Å². The summed E-state index contributed by atoms with van der Waals surface area (Å²) in [6, 6.07) is 0. The van der Waals surface area contributed by atoms with Gasteiger partial charge >= 0.3 is 5.97 Å². The van der Waals surface area contributed by atoms with Gasteiger partial charge in [-0.25, -0.2) is 0 Å². The maximum absolute atomic E-state index is 10.6. The number of nitrogens with one attached hydrogen (secondary N) is 1. The first-order valence-corrected chi connectivity index (χ1v) is 5.35. The lowest BCUT2D eigenvalue weighted by atomic mass is 10.3. The lowest BCUT2D eigenvalue weighted by Gasteiger charge is -2.19. The van der Waals surface area contributed by atoms with E-state index in [1.54, 1.807) is 6.08 Å². The smallest absolute Gasteiger partial charge is 0.304 e. The first-order valence-electron chi connectivity index (χ1n) is 5.35. The quantitative estimate of drug-likeness (QED) is 0.445. The predicted molar refractivity (Wildman–Crippen MR) is 62.2 cm³/mol. The number of carboxylic acids is 1. The Labute approximate surface area is 96.1 Å². The monoisotopic (exact) mass is 228 g/mol. The fourth-order valence-electron chi connectivity index (χ4n) is 1.30. The Morgan fingerprint density at radius 1 is 1.44 bits per heavy atom. The van der Waals surface area contributed by atoms with Crippen LogP contribution < -0.4 is 5.32 Å². The molecule has 1 amide bonds. The molecule has 16 heavy (non-hydrogen) atoms. The molecule has 0 saturated heterocycles. The minimum absolute atomic E-state index is 0.0409. The molecular formula is C11H20N2O3. The Bertz CT molecular complexity index is 241. The van der Waals surface area contributed by atoms with Gasteiger partial charge in [0.25, 0.3) is 0 Å². The third kappa shape index (κ3) is 9.21. The van der Waals surface area contributed by atoms with Crippen molar-refractivity contribution in [2.24, 2.45) is 0 Å². The predicted octanol–water partition coefficient (Wildman–Crippen LogP) is 0.475. The van der Waals surface area contributed by atoms with Crippen LogP contribution in [0.3, 0.4) is 0 Å². The summed E-state index contributed by atoms with van der Waals surface area (Å²) in [5.74, 6) is -0.836. The van der Waals surface area contributed by atoms with E-state index in [4.69, 9.17) is 5.11 Å². The van der Waals surface area contributed by atoms with Crippen LogP contribution in [-0.2, 0) is 9.59 Å². The molecule has 0 aliphatic rings. The van der Waals surface area contributed by atoms with Crippen molar-refractivity contribution in [2.75, 3.05) is 26.2 Å². The van der Waals surface area contributed by atoms with Crippen molar-refractivity contribution in [3.05, 3.63) is 12.7 Å². The molecule has 92 valence electrons.